The van der Waals surface area contributed by atoms with Crippen LogP contribution in [0.25, 0.3) is 22.4 Å². The Morgan fingerprint density at radius 1 is 1.10 bits per heavy atom. The average Bonchev–Trinajstić information content (AvgIpc) is 2.67. The molecule has 3 aromatic rings. The molecule has 2 aromatic carbocycles. The highest BCUT2D eigenvalue weighted by atomic mass is 35.5. The first kappa shape index (κ1) is 19.7. The Morgan fingerprint density at radius 3 is 2.45 bits per heavy atom. The molecule has 1 atom stereocenters. The van der Waals surface area contributed by atoms with E-state index in [-0.39, 0.29) is 0 Å². The lowest BCUT2D eigenvalue weighted by Crippen LogP contribution is -2.37. The topological polar surface area (TPSA) is 59.4 Å². The molecular formula is C23H19Cl2NO3. The van der Waals surface area contributed by atoms with Crippen LogP contribution in [0.2, 0.25) is 10.0 Å². The lowest BCUT2D eigenvalue weighted by atomic mass is 9.84. The summed E-state index contributed by atoms with van der Waals surface area (Å²) in [5.41, 5.74) is 2.97. The summed E-state index contributed by atoms with van der Waals surface area (Å²) in [7, 11) is 0. The van der Waals surface area contributed by atoms with E-state index in [0.29, 0.717) is 33.6 Å². The van der Waals surface area contributed by atoms with Crippen molar-refractivity contribution in [2.75, 3.05) is 0 Å². The van der Waals surface area contributed by atoms with E-state index in [9.17, 15) is 9.90 Å². The molecule has 0 fully saturated rings. The number of ether oxygens (including phenoxy) is 1. The summed E-state index contributed by atoms with van der Waals surface area (Å²) in [5.74, 6) is -1.26. The lowest BCUT2D eigenvalue weighted by molar-refractivity contribution is -0.140. The molecule has 0 spiro atoms. The van der Waals surface area contributed by atoms with Crippen LogP contribution in [0.4, 0.5) is 0 Å². The summed E-state index contributed by atoms with van der Waals surface area (Å²) < 4.78 is 6.07. The van der Waals surface area contributed by atoms with Crippen molar-refractivity contribution in [1.82, 2.24) is 4.98 Å². The zero-order valence-corrected chi connectivity index (χ0v) is 17.5. The molecule has 0 radical (unpaired) electrons. The Kier molecular flexibility index (Phi) is 5.01. The number of halogens is 2. The Labute approximate surface area is 179 Å². The Morgan fingerprint density at radius 2 is 1.79 bits per heavy atom. The highest BCUT2D eigenvalue weighted by Crippen LogP contribution is 2.45. The molecule has 0 amide bonds. The van der Waals surface area contributed by atoms with Crippen LogP contribution < -0.4 is 4.74 Å². The molecule has 1 unspecified atom stereocenters. The molecule has 4 rings (SSSR count). The van der Waals surface area contributed by atoms with Crippen LogP contribution in [0.15, 0.2) is 54.6 Å². The first-order valence-electron chi connectivity index (χ1n) is 9.23. The third kappa shape index (κ3) is 3.83. The van der Waals surface area contributed by atoms with E-state index in [1.807, 2.05) is 50.2 Å². The standard InChI is InChI=1S/C23H19Cl2NO3/c1-23(2)12-18(22(27)28)17-11-16(13-7-9-14(24)10-8-13)20(26-21(17)29-23)15-5-3-4-6-19(15)25/h3-11,18H,12H2,1-2H3,(H,27,28). The van der Waals surface area contributed by atoms with E-state index >= 15 is 0 Å². The van der Waals surface area contributed by atoms with Crippen LogP contribution in [0, 0.1) is 0 Å². The number of aliphatic carboxylic acids is 1. The molecule has 1 aliphatic heterocycles. The highest BCUT2D eigenvalue weighted by Gasteiger charge is 2.39. The van der Waals surface area contributed by atoms with Gasteiger partial charge in [-0.2, -0.15) is 0 Å². The lowest BCUT2D eigenvalue weighted by Gasteiger charge is -2.35. The van der Waals surface area contributed by atoms with E-state index < -0.39 is 17.5 Å². The van der Waals surface area contributed by atoms with Crippen LogP contribution >= 0.6 is 23.2 Å². The second kappa shape index (κ2) is 7.36. The molecule has 0 bridgehead atoms. The van der Waals surface area contributed by atoms with Gasteiger partial charge in [0.2, 0.25) is 5.88 Å². The first-order valence-corrected chi connectivity index (χ1v) is 9.98. The maximum atomic E-state index is 12.0. The number of carbonyl (C=O) groups is 1. The van der Waals surface area contributed by atoms with E-state index in [1.54, 1.807) is 18.2 Å². The minimum atomic E-state index is -0.892. The number of benzene rings is 2. The summed E-state index contributed by atoms with van der Waals surface area (Å²) in [6, 6.07) is 16.6. The predicted molar refractivity (Wildman–Crippen MR) is 115 cm³/mol. The summed E-state index contributed by atoms with van der Waals surface area (Å²) in [6.45, 7) is 3.74. The highest BCUT2D eigenvalue weighted by molar-refractivity contribution is 6.33. The molecule has 148 valence electrons. The minimum absolute atomic E-state index is 0.335. The number of carboxylic acid groups (broad SMARTS) is 1. The molecule has 2 heterocycles. The number of nitrogens with zero attached hydrogens (tertiary/aromatic N) is 1. The van der Waals surface area contributed by atoms with Gasteiger partial charge in [0.25, 0.3) is 0 Å². The molecule has 29 heavy (non-hydrogen) atoms. The Balaban J connectivity index is 2.00. The van der Waals surface area contributed by atoms with Crippen molar-refractivity contribution in [2.45, 2.75) is 31.8 Å². The summed E-state index contributed by atoms with van der Waals surface area (Å²) >= 11 is 12.5. The molecule has 4 nitrogen and oxygen atoms in total. The van der Waals surface area contributed by atoms with Gasteiger partial charge >= 0.3 is 5.97 Å². The van der Waals surface area contributed by atoms with Gasteiger partial charge in [-0.25, -0.2) is 4.98 Å². The molecule has 1 N–H and O–H groups in total. The Hall–Kier alpha value is -2.56. The van der Waals surface area contributed by atoms with Crippen LogP contribution in [0.3, 0.4) is 0 Å². The monoisotopic (exact) mass is 427 g/mol. The summed E-state index contributed by atoms with van der Waals surface area (Å²) in [5, 5.41) is 11.0. The minimum Gasteiger partial charge on any atom is -0.481 e. The third-order valence-corrected chi connectivity index (χ3v) is 5.62. The third-order valence-electron chi connectivity index (χ3n) is 5.04. The van der Waals surface area contributed by atoms with Crippen LogP contribution in [0.5, 0.6) is 5.88 Å². The molecule has 1 aromatic heterocycles. The normalized spacial score (nSPS) is 17.3. The van der Waals surface area contributed by atoms with Gasteiger partial charge in [-0.05, 0) is 43.7 Å². The molecule has 1 aliphatic rings. The van der Waals surface area contributed by atoms with Gasteiger partial charge in [-0.15, -0.1) is 0 Å². The average molecular weight is 428 g/mol. The number of hydrogen-bond acceptors (Lipinski definition) is 3. The number of hydrogen-bond donors (Lipinski definition) is 1. The maximum absolute atomic E-state index is 12.0. The van der Waals surface area contributed by atoms with Crippen LogP contribution in [-0.2, 0) is 4.79 Å². The summed E-state index contributed by atoms with van der Waals surface area (Å²) in [6.07, 6.45) is 0.364. The van der Waals surface area contributed by atoms with Crippen molar-refractivity contribution in [3.05, 3.63) is 70.2 Å². The van der Waals surface area contributed by atoms with E-state index in [4.69, 9.17) is 32.9 Å². The van der Waals surface area contributed by atoms with Gasteiger partial charge < -0.3 is 9.84 Å². The quantitative estimate of drug-likeness (QED) is 0.521. The van der Waals surface area contributed by atoms with Gasteiger partial charge in [-0.1, -0.05) is 53.5 Å². The van der Waals surface area contributed by atoms with E-state index in [0.717, 1.165) is 16.7 Å². The summed E-state index contributed by atoms with van der Waals surface area (Å²) in [4.78, 5) is 16.8. The van der Waals surface area contributed by atoms with E-state index in [1.165, 1.54) is 0 Å². The number of fused-ring (bicyclic) bond motifs is 1. The smallest absolute Gasteiger partial charge is 0.311 e. The number of pyridine rings is 1. The Bertz CT molecular complexity index is 1090. The maximum Gasteiger partial charge on any atom is 0.311 e. The fourth-order valence-corrected chi connectivity index (χ4v) is 4.03. The second-order valence-electron chi connectivity index (χ2n) is 7.72. The molecule has 0 aliphatic carbocycles. The van der Waals surface area contributed by atoms with Gasteiger partial charge in [0.1, 0.15) is 5.60 Å². The molecule has 0 saturated carbocycles. The number of rotatable bonds is 3. The van der Waals surface area contributed by atoms with Crippen LogP contribution in [-0.4, -0.2) is 21.7 Å². The van der Waals surface area contributed by atoms with Crippen molar-refractivity contribution in [3.8, 4) is 28.3 Å². The van der Waals surface area contributed by atoms with Gasteiger partial charge in [0, 0.05) is 33.2 Å². The van der Waals surface area contributed by atoms with Crippen molar-refractivity contribution in [3.63, 3.8) is 0 Å². The number of aromatic nitrogens is 1. The fraction of sp³-hybridized carbons (Fsp3) is 0.217. The number of carboxylic acids is 1. The van der Waals surface area contributed by atoms with Crippen molar-refractivity contribution in [1.29, 1.82) is 0 Å². The molecule has 0 saturated heterocycles. The molecule has 6 heteroatoms. The van der Waals surface area contributed by atoms with Gasteiger partial charge in [0.15, 0.2) is 0 Å². The van der Waals surface area contributed by atoms with Crippen molar-refractivity contribution < 1.29 is 14.6 Å². The second-order valence-corrected chi connectivity index (χ2v) is 8.57. The van der Waals surface area contributed by atoms with Gasteiger partial charge in [-0.3, -0.25) is 4.79 Å². The molecular weight excluding hydrogens is 409 g/mol. The van der Waals surface area contributed by atoms with E-state index in [2.05, 4.69) is 0 Å². The SMILES string of the molecule is CC1(C)CC(C(=O)O)c2cc(-c3ccc(Cl)cc3)c(-c3ccccc3Cl)nc2O1. The van der Waals surface area contributed by atoms with Crippen molar-refractivity contribution in [2.24, 2.45) is 0 Å². The van der Waals surface area contributed by atoms with Crippen molar-refractivity contribution >= 4 is 29.2 Å². The predicted octanol–water partition coefficient (Wildman–Crippen LogP) is 6.45. The first-order chi connectivity index (χ1) is 13.7. The van der Waals surface area contributed by atoms with Gasteiger partial charge in [0.05, 0.1) is 11.6 Å². The zero-order chi connectivity index (χ0) is 20.8. The van der Waals surface area contributed by atoms with Crippen LogP contribution in [0.1, 0.15) is 31.7 Å². The fourth-order valence-electron chi connectivity index (χ4n) is 3.68. The zero-order valence-electron chi connectivity index (χ0n) is 15.9. The largest absolute Gasteiger partial charge is 0.481 e.